The van der Waals surface area contributed by atoms with Crippen molar-refractivity contribution in [2.45, 2.75) is 32.1 Å². The van der Waals surface area contributed by atoms with Gasteiger partial charge in [-0.2, -0.15) is 13.2 Å². The van der Waals surface area contributed by atoms with Crippen LogP contribution in [0.4, 0.5) is 18.9 Å². The van der Waals surface area contributed by atoms with Crippen LogP contribution in [0.3, 0.4) is 0 Å². The lowest BCUT2D eigenvalue weighted by molar-refractivity contribution is -0.139. The predicted molar refractivity (Wildman–Crippen MR) is 159 cm³/mol. The number of nitrogens with zero attached hydrogens (tertiary/aromatic N) is 5. The average molecular weight is 596 g/mol. The first-order chi connectivity index (χ1) is 20.3. The van der Waals surface area contributed by atoms with Crippen molar-refractivity contribution in [2.24, 2.45) is 5.92 Å². The van der Waals surface area contributed by atoms with Crippen LogP contribution >= 0.6 is 11.6 Å². The molecule has 1 atom stereocenters. The molecule has 0 radical (unpaired) electrons. The number of benzene rings is 3. The van der Waals surface area contributed by atoms with Gasteiger partial charge in [0.05, 0.1) is 29.1 Å². The number of alkyl halides is 3. The van der Waals surface area contributed by atoms with E-state index in [9.17, 15) is 18.0 Å². The number of carbonyl (C=O) groups is 1. The van der Waals surface area contributed by atoms with E-state index in [1.54, 1.807) is 11.0 Å². The summed E-state index contributed by atoms with van der Waals surface area (Å²) in [5.41, 5.74) is 2.69. The first kappa shape index (κ1) is 28.6. The fraction of sp³-hybridized carbons (Fsp3) is 0.375. The monoisotopic (exact) mass is 595 g/mol. The second-order valence-corrected chi connectivity index (χ2v) is 11.6. The van der Waals surface area contributed by atoms with Crippen molar-refractivity contribution in [2.75, 3.05) is 44.2 Å². The van der Waals surface area contributed by atoms with Gasteiger partial charge in [-0.15, -0.1) is 0 Å². The third-order valence-corrected chi connectivity index (χ3v) is 8.60. The zero-order valence-electron chi connectivity index (χ0n) is 23.2. The van der Waals surface area contributed by atoms with Crippen molar-refractivity contribution >= 4 is 34.2 Å². The molecule has 3 heterocycles. The molecule has 0 aliphatic carbocycles. The number of rotatable bonds is 6. The van der Waals surface area contributed by atoms with Crippen molar-refractivity contribution in [1.29, 1.82) is 0 Å². The van der Waals surface area contributed by atoms with E-state index in [4.69, 9.17) is 16.6 Å². The number of likely N-dealkylation sites (tertiary alicyclic amines) is 1. The molecule has 10 heteroatoms. The van der Waals surface area contributed by atoms with Crippen LogP contribution in [0.15, 0.2) is 72.8 Å². The highest BCUT2D eigenvalue weighted by atomic mass is 35.5. The Labute approximate surface area is 248 Å². The fourth-order valence-electron chi connectivity index (χ4n) is 6.21. The minimum Gasteiger partial charge on any atom is -0.367 e. The van der Waals surface area contributed by atoms with Crippen LogP contribution in [0, 0.1) is 5.92 Å². The molecule has 2 aliphatic heterocycles. The number of para-hydroxylation sites is 3. The van der Waals surface area contributed by atoms with Gasteiger partial charge >= 0.3 is 6.18 Å². The van der Waals surface area contributed by atoms with Crippen molar-refractivity contribution in [3.63, 3.8) is 0 Å². The molecule has 2 saturated heterocycles. The van der Waals surface area contributed by atoms with Crippen LogP contribution in [0.1, 0.15) is 29.8 Å². The standard InChI is InChI=1S/C32H33ClF3N5O/c33-25-13-11-23(12-14-25)20-41-29-10-4-2-8-27(29)37-30(41)22-38-15-5-6-24(21-38)31(42)40-18-16-39(17-19-40)28-9-3-1-7-26(28)32(34,35)36/h1-4,7-14,24H,5-6,15-22H2/t24-/m0/s1. The number of piperazine rings is 1. The summed E-state index contributed by atoms with van der Waals surface area (Å²) >= 11 is 6.10. The Morgan fingerprint density at radius 2 is 1.60 bits per heavy atom. The zero-order chi connectivity index (χ0) is 29.3. The summed E-state index contributed by atoms with van der Waals surface area (Å²) in [7, 11) is 0. The molecule has 0 unspecified atom stereocenters. The molecule has 2 fully saturated rings. The smallest absolute Gasteiger partial charge is 0.367 e. The molecule has 6 nitrogen and oxygen atoms in total. The molecule has 42 heavy (non-hydrogen) atoms. The van der Waals surface area contributed by atoms with E-state index in [1.165, 1.54) is 12.1 Å². The number of hydrogen-bond acceptors (Lipinski definition) is 4. The number of carbonyl (C=O) groups excluding carboxylic acids is 1. The van der Waals surface area contributed by atoms with Gasteiger partial charge in [0.2, 0.25) is 5.91 Å². The Morgan fingerprint density at radius 3 is 2.36 bits per heavy atom. The highest BCUT2D eigenvalue weighted by Crippen LogP contribution is 2.37. The fourth-order valence-corrected chi connectivity index (χ4v) is 6.34. The number of imidazole rings is 1. The maximum absolute atomic E-state index is 13.6. The molecule has 3 aromatic carbocycles. The number of fused-ring (bicyclic) bond motifs is 1. The minimum atomic E-state index is -4.41. The van der Waals surface area contributed by atoms with Gasteiger partial charge < -0.3 is 14.4 Å². The predicted octanol–water partition coefficient (Wildman–Crippen LogP) is 6.32. The van der Waals surface area contributed by atoms with Crippen LogP contribution in [-0.4, -0.2) is 64.5 Å². The van der Waals surface area contributed by atoms with Gasteiger partial charge in [0.25, 0.3) is 0 Å². The summed E-state index contributed by atoms with van der Waals surface area (Å²) in [5.74, 6) is 0.913. The summed E-state index contributed by atoms with van der Waals surface area (Å²) < 4.78 is 42.9. The lowest BCUT2D eigenvalue weighted by Gasteiger charge is -2.40. The van der Waals surface area contributed by atoms with Crippen molar-refractivity contribution in [3.05, 3.63) is 94.8 Å². The average Bonchev–Trinajstić information content (AvgIpc) is 3.34. The molecule has 0 bridgehead atoms. The second kappa shape index (κ2) is 12.0. The summed E-state index contributed by atoms with van der Waals surface area (Å²) in [5, 5.41) is 0.700. The molecule has 1 amide bonds. The number of piperidine rings is 1. The molecule has 220 valence electrons. The van der Waals surface area contributed by atoms with E-state index < -0.39 is 11.7 Å². The van der Waals surface area contributed by atoms with Crippen LogP contribution in [0.2, 0.25) is 5.02 Å². The summed E-state index contributed by atoms with van der Waals surface area (Å²) in [6, 6.07) is 21.6. The van der Waals surface area contributed by atoms with Crippen LogP contribution in [0.25, 0.3) is 11.0 Å². The Balaban J connectivity index is 1.12. The number of halogens is 4. The van der Waals surface area contributed by atoms with E-state index in [1.807, 2.05) is 47.4 Å². The molecule has 0 spiro atoms. The second-order valence-electron chi connectivity index (χ2n) is 11.1. The number of hydrogen-bond donors (Lipinski definition) is 0. The van der Waals surface area contributed by atoms with E-state index in [0.29, 0.717) is 50.8 Å². The molecule has 1 aromatic heterocycles. The molecule has 0 N–H and O–H groups in total. The summed E-state index contributed by atoms with van der Waals surface area (Å²) in [6.07, 6.45) is -2.69. The molecule has 2 aliphatic rings. The maximum Gasteiger partial charge on any atom is 0.418 e. The highest BCUT2D eigenvalue weighted by Gasteiger charge is 2.36. The Hall–Kier alpha value is -3.56. The van der Waals surface area contributed by atoms with E-state index >= 15 is 0 Å². The third kappa shape index (κ3) is 6.13. The first-order valence-electron chi connectivity index (χ1n) is 14.4. The van der Waals surface area contributed by atoms with E-state index in [2.05, 4.69) is 15.5 Å². The van der Waals surface area contributed by atoms with Gasteiger partial charge in [0, 0.05) is 50.0 Å². The quantitative estimate of drug-likeness (QED) is 0.262. The Morgan fingerprint density at radius 1 is 0.881 bits per heavy atom. The van der Waals surface area contributed by atoms with Gasteiger partial charge in [0.1, 0.15) is 5.82 Å². The molecular formula is C32H33ClF3N5O. The van der Waals surface area contributed by atoms with Gasteiger partial charge in [0.15, 0.2) is 0 Å². The Kier molecular flexibility index (Phi) is 8.14. The van der Waals surface area contributed by atoms with Crippen molar-refractivity contribution in [1.82, 2.24) is 19.4 Å². The SMILES string of the molecule is O=C([C@H]1CCCN(Cc2nc3ccccc3n2Cc2ccc(Cl)cc2)C1)N1CCN(c2ccccc2C(F)(F)F)CC1. The summed E-state index contributed by atoms with van der Waals surface area (Å²) in [4.78, 5) is 24.4. The van der Waals surface area contributed by atoms with Gasteiger partial charge in [-0.1, -0.05) is 48.0 Å². The number of amides is 1. The number of aromatic nitrogens is 2. The largest absolute Gasteiger partial charge is 0.418 e. The molecule has 4 aromatic rings. The van der Waals surface area contributed by atoms with Crippen molar-refractivity contribution < 1.29 is 18.0 Å². The van der Waals surface area contributed by atoms with Gasteiger partial charge in [-0.3, -0.25) is 9.69 Å². The normalized spacial score (nSPS) is 18.5. The van der Waals surface area contributed by atoms with E-state index in [-0.39, 0.29) is 17.5 Å². The molecule has 0 saturated carbocycles. The zero-order valence-corrected chi connectivity index (χ0v) is 24.0. The summed E-state index contributed by atoms with van der Waals surface area (Å²) in [6.45, 7) is 4.42. The first-order valence-corrected chi connectivity index (χ1v) is 14.7. The van der Waals surface area contributed by atoms with Crippen LogP contribution < -0.4 is 4.90 Å². The highest BCUT2D eigenvalue weighted by molar-refractivity contribution is 6.30. The Bertz CT molecular complexity index is 1550. The lowest BCUT2D eigenvalue weighted by atomic mass is 9.96. The molecule has 6 rings (SSSR count). The topological polar surface area (TPSA) is 44.6 Å². The third-order valence-electron chi connectivity index (χ3n) is 8.35. The van der Waals surface area contributed by atoms with Crippen LogP contribution in [0.5, 0.6) is 0 Å². The van der Waals surface area contributed by atoms with Crippen molar-refractivity contribution in [3.8, 4) is 0 Å². The van der Waals surface area contributed by atoms with Gasteiger partial charge in [-0.25, -0.2) is 4.98 Å². The minimum absolute atomic E-state index is 0.0955. The lowest BCUT2D eigenvalue weighted by Crippen LogP contribution is -2.52. The van der Waals surface area contributed by atoms with E-state index in [0.717, 1.165) is 47.9 Å². The molecular weight excluding hydrogens is 563 g/mol. The number of anilines is 1. The van der Waals surface area contributed by atoms with Crippen LogP contribution in [-0.2, 0) is 24.1 Å². The maximum atomic E-state index is 13.6. The van der Waals surface area contributed by atoms with Gasteiger partial charge in [-0.05, 0) is 61.3 Å².